The van der Waals surface area contributed by atoms with Gasteiger partial charge >= 0.3 is 5.38 Å². The van der Waals surface area contributed by atoms with Crippen LogP contribution in [-0.4, -0.2) is 5.12 Å². The van der Waals surface area contributed by atoms with Gasteiger partial charge in [-0.3, -0.25) is 0 Å². The second-order valence-corrected chi connectivity index (χ2v) is 3.19. The lowest BCUT2D eigenvalue weighted by Gasteiger charge is -2.08. The molecule has 0 amide bonds. The van der Waals surface area contributed by atoms with Gasteiger partial charge in [-0.15, -0.1) is 0 Å². The van der Waals surface area contributed by atoms with Crippen molar-refractivity contribution in [1.82, 2.24) is 0 Å². The lowest BCUT2D eigenvalue weighted by Crippen LogP contribution is -2.04. The first kappa shape index (κ1) is 10.5. The smallest absolute Gasteiger partial charge is 0.194 e. The van der Waals surface area contributed by atoms with Crippen LogP contribution in [0.3, 0.4) is 0 Å². The van der Waals surface area contributed by atoms with Gasteiger partial charge < -0.3 is 0 Å². The molecule has 0 aliphatic rings. The van der Waals surface area contributed by atoms with Crippen molar-refractivity contribution in [3.8, 4) is 0 Å². The van der Waals surface area contributed by atoms with Gasteiger partial charge in [0.1, 0.15) is 0 Å². The third-order valence-corrected chi connectivity index (χ3v) is 1.87. The first-order valence-electron chi connectivity index (χ1n) is 3.28. The molecule has 1 aromatic carbocycles. The van der Waals surface area contributed by atoms with Crippen LogP contribution in [0, 0.1) is 0 Å². The van der Waals surface area contributed by atoms with E-state index in [2.05, 4.69) is 12.2 Å². The Bertz CT molecular complexity index is 332. The standard InChI is InChI=1S/C8H4ClF3S/c9-8(11,12)6-3-1-2-5(4-6)7(10)13/h1-4H. The maximum absolute atomic E-state index is 12.5. The van der Waals surface area contributed by atoms with Crippen LogP contribution in [0.25, 0.3) is 0 Å². The zero-order valence-electron chi connectivity index (χ0n) is 6.23. The van der Waals surface area contributed by atoms with E-state index in [9.17, 15) is 13.2 Å². The molecular formula is C8H4ClF3S. The van der Waals surface area contributed by atoms with Gasteiger partial charge in [-0.25, -0.2) is 0 Å². The van der Waals surface area contributed by atoms with Crippen molar-refractivity contribution in [3.05, 3.63) is 35.4 Å². The molecule has 13 heavy (non-hydrogen) atoms. The minimum Gasteiger partial charge on any atom is -0.194 e. The quantitative estimate of drug-likeness (QED) is 0.420. The predicted molar refractivity (Wildman–Crippen MR) is 49.0 cm³/mol. The van der Waals surface area contributed by atoms with E-state index >= 15 is 0 Å². The molecule has 0 bridgehead atoms. The van der Waals surface area contributed by atoms with Crippen LogP contribution in [0.4, 0.5) is 13.2 Å². The minimum absolute atomic E-state index is 0.0622. The molecule has 0 saturated carbocycles. The van der Waals surface area contributed by atoms with Crippen LogP contribution in [-0.2, 0) is 5.38 Å². The average molecular weight is 225 g/mol. The summed E-state index contributed by atoms with van der Waals surface area (Å²) in [5, 5.41) is -4.41. The van der Waals surface area contributed by atoms with Gasteiger partial charge in [0.2, 0.25) is 0 Å². The maximum atomic E-state index is 12.5. The topological polar surface area (TPSA) is 0 Å². The molecule has 0 aliphatic heterocycles. The summed E-state index contributed by atoms with van der Waals surface area (Å²) in [6.07, 6.45) is 0. The second kappa shape index (κ2) is 3.64. The lowest BCUT2D eigenvalue weighted by atomic mass is 10.1. The number of thiocarbonyl (C=S) groups is 1. The van der Waals surface area contributed by atoms with Crippen LogP contribution in [0.5, 0.6) is 0 Å². The fourth-order valence-corrected chi connectivity index (χ4v) is 1.06. The monoisotopic (exact) mass is 224 g/mol. The Labute approximate surface area is 83.3 Å². The van der Waals surface area contributed by atoms with Gasteiger partial charge in [0.05, 0.1) is 0 Å². The number of rotatable bonds is 2. The average Bonchev–Trinajstić information content (AvgIpc) is 2.03. The minimum atomic E-state index is -3.49. The van der Waals surface area contributed by atoms with Crippen LogP contribution in [0.2, 0.25) is 0 Å². The number of benzene rings is 1. The molecule has 0 saturated heterocycles. The fourth-order valence-electron chi connectivity index (χ4n) is 0.818. The van der Waals surface area contributed by atoms with Crippen molar-refractivity contribution in [2.45, 2.75) is 5.38 Å². The number of hydrogen-bond donors (Lipinski definition) is 0. The molecule has 0 fully saturated rings. The highest BCUT2D eigenvalue weighted by atomic mass is 35.5. The van der Waals surface area contributed by atoms with Crippen molar-refractivity contribution < 1.29 is 13.2 Å². The zero-order chi connectivity index (χ0) is 10.1. The van der Waals surface area contributed by atoms with E-state index in [1.54, 1.807) is 0 Å². The maximum Gasteiger partial charge on any atom is 0.348 e. The molecule has 0 aromatic heterocycles. The van der Waals surface area contributed by atoms with Gasteiger partial charge in [-0.2, -0.15) is 13.2 Å². The van der Waals surface area contributed by atoms with E-state index < -0.39 is 16.1 Å². The number of alkyl halides is 3. The van der Waals surface area contributed by atoms with E-state index in [0.717, 1.165) is 12.1 Å². The summed E-state index contributed by atoms with van der Waals surface area (Å²) in [5.41, 5.74) is -0.528. The van der Waals surface area contributed by atoms with Crippen LogP contribution >= 0.6 is 23.8 Å². The molecule has 1 rings (SSSR count). The number of hydrogen-bond acceptors (Lipinski definition) is 1. The van der Waals surface area contributed by atoms with Gasteiger partial charge in [0.25, 0.3) is 0 Å². The molecule has 0 unspecified atom stereocenters. The summed E-state index contributed by atoms with van der Waals surface area (Å²) in [4.78, 5) is 0. The highest BCUT2D eigenvalue weighted by Gasteiger charge is 2.27. The predicted octanol–water partition coefficient (Wildman–Crippen LogP) is 3.62. The van der Waals surface area contributed by atoms with E-state index in [4.69, 9.17) is 11.6 Å². The molecule has 0 N–H and O–H groups in total. The summed E-state index contributed by atoms with van der Waals surface area (Å²) < 4.78 is 37.4. The zero-order valence-corrected chi connectivity index (χ0v) is 7.80. The van der Waals surface area contributed by atoms with Crippen LogP contribution < -0.4 is 0 Å². The molecule has 0 nitrogen and oxygen atoms in total. The number of halogens is 4. The molecule has 0 heterocycles. The van der Waals surface area contributed by atoms with E-state index in [-0.39, 0.29) is 5.56 Å². The Morgan fingerprint density at radius 2 is 2.00 bits per heavy atom. The van der Waals surface area contributed by atoms with Gasteiger partial charge in [0.15, 0.2) is 5.12 Å². The largest absolute Gasteiger partial charge is 0.348 e. The molecule has 1 aromatic rings. The fraction of sp³-hybridized carbons (Fsp3) is 0.125. The van der Waals surface area contributed by atoms with Crippen molar-refractivity contribution in [2.24, 2.45) is 0 Å². The van der Waals surface area contributed by atoms with Gasteiger partial charge in [0, 0.05) is 11.1 Å². The van der Waals surface area contributed by atoms with Crippen molar-refractivity contribution in [1.29, 1.82) is 0 Å². The van der Waals surface area contributed by atoms with Crippen molar-refractivity contribution >= 4 is 28.9 Å². The van der Waals surface area contributed by atoms with Crippen molar-refractivity contribution in [3.63, 3.8) is 0 Å². The Balaban J connectivity index is 3.13. The van der Waals surface area contributed by atoms with Gasteiger partial charge in [-0.1, -0.05) is 18.2 Å². The Hall–Kier alpha value is -0.610. The molecule has 0 atom stereocenters. The Kier molecular flexibility index (Phi) is 2.93. The highest BCUT2D eigenvalue weighted by Crippen LogP contribution is 2.32. The first-order chi connectivity index (χ1) is 5.91. The molecular weight excluding hydrogens is 221 g/mol. The third kappa shape index (κ3) is 2.67. The first-order valence-corrected chi connectivity index (χ1v) is 4.07. The Morgan fingerprint density at radius 3 is 2.46 bits per heavy atom. The summed E-state index contributed by atoms with van der Waals surface area (Å²) in [7, 11) is 0. The van der Waals surface area contributed by atoms with E-state index in [1.807, 2.05) is 0 Å². The third-order valence-electron chi connectivity index (χ3n) is 1.42. The van der Waals surface area contributed by atoms with Crippen LogP contribution in [0.15, 0.2) is 24.3 Å². The summed E-state index contributed by atoms with van der Waals surface area (Å²) in [6.45, 7) is 0. The molecule has 0 spiro atoms. The van der Waals surface area contributed by atoms with E-state index in [1.165, 1.54) is 12.1 Å². The highest BCUT2D eigenvalue weighted by molar-refractivity contribution is 7.80. The van der Waals surface area contributed by atoms with E-state index in [0.29, 0.717) is 0 Å². The molecule has 70 valence electrons. The normalized spacial score (nSPS) is 11.4. The lowest BCUT2D eigenvalue weighted by molar-refractivity contribution is 0.0951. The Morgan fingerprint density at radius 1 is 1.38 bits per heavy atom. The summed E-state index contributed by atoms with van der Waals surface area (Å²) in [5.74, 6) is 0. The molecule has 5 heteroatoms. The second-order valence-electron chi connectivity index (χ2n) is 2.35. The summed E-state index contributed by atoms with van der Waals surface area (Å²) in [6, 6.07) is 4.60. The SMILES string of the molecule is FC(=S)c1cccc(C(F)(F)Cl)c1. The molecule has 0 radical (unpaired) electrons. The molecule has 0 aliphatic carbocycles. The summed E-state index contributed by atoms with van der Waals surface area (Å²) >= 11 is 8.93. The van der Waals surface area contributed by atoms with Gasteiger partial charge in [-0.05, 0) is 29.9 Å². The van der Waals surface area contributed by atoms with Crippen molar-refractivity contribution in [2.75, 3.05) is 0 Å². The van der Waals surface area contributed by atoms with Crippen LogP contribution in [0.1, 0.15) is 11.1 Å².